The second kappa shape index (κ2) is 8.45. The predicted molar refractivity (Wildman–Crippen MR) is 90.2 cm³/mol. The number of ether oxygens (including phenoxy) is 1. The van der Waals surface area contributed by atoms with Crippen LogP contribution in [0.25, 0.3) is 0 Å². The number of hydrogen-bond donors (Lipinski definition) is 1. The molecule has 1 aliphatic heterocycles. The highest BCUT2D eigenvalue weighted by Gasteiger charge is 2.33. The molecule has 0 radical (unpaired) electrons. The van der Waals surface area contributed by atoms with Gasteiger partial charge in [-0.1, -0.05) is 28.1 Å². The average molecular weight is 384 g/mol. The highest BCUT2D eigenvalue weighted by atomic mass is 79.9. The Morgan fingerprint density at radius 3 is 2.87 bits per heavy atom. The van der Waals surface area contributed by atoms with Crippen molar-refractivity contribution in [2.45, 2.75) is 19.3 Å². The Morgan fingerprint density at radius 2 is 2.26 bits per heavy atom. The number of rotatable bonds is 7. The highest BCUT2D eigenvalue weighted by Crippen LogP contribution is 2.23. The lowest BCUT2D eigenvalue weighted by molar-refractivity contribution is -0.141. The summed E-state index contributed by atoms with van der Waals surface area (Å²) < 4.78 is 6.12. The maximum Gasteiger partial charge on any atom is 0.308 e. The van der Waals surface area contributed by atoms with Crippen molar-refractivity contribution in [2.75, 3.05) is 26.8 Å². The molecule has 6 heteroatoms. The summed E-state index contributed by atoms with van der Waals surface area (Å²) in [7, 11) is 1.62. The van der Waals surface area contributed by atoms with Gasteiger partial charge in [-0.3, -0.25) is 9.59 Å². The van der Waals surface area contributed by atoms with Crippen molar-refractivity contribution in [3.63, 3.8) is 0 Å². The average Bonchev–Trinajstić information content (AvgIpc) is 3.01. The second-order valence-electron chi connectivity index (χ2n) is 5.92. The monoisotopic (exact) mass is 383 g/mol. The van der Waals surface area contributed by atoms with Crippen LogP contribution in [-0.2, 0) is 20.7 Å². The van der Waals surface area contributed by atoms with Crippen LogP contribution in [0, 0.1) is 11.8 Å². The van der Waals surface area contributed by atoms with Crippen LogP contribution < -0.4 is 0 Å². The summed E-state index contributed by atoms with van der Waals surface area (Å²) >= 11 is 3.45. The van der Waals surface area contributed by atoms with Crippen LogP contribution in [0.5, 0.6) is 0 Å². The molecule has 0 bridgehead atoms. The molecule has 1 amide bonds. The zero-order valence-corrected chi connectivity index (χ0v) is 14.8. The van der Waals surface area contributed by atoms with Gasteiger partial charge in [0, 0.05) is 37.2 Å². The molecule has 1 aromatic carbocycles. The van der Waals surface area contributed by atoms with Gasteiger partial charge in [-0.2, -0.15) is 0 Å². The molecule has 0 unspecified atom stereocenters. The maximum absolute atomic E-state index is 12.8. The lowest BCUT2D eigenvalue weighted by Crippen LogP contribution is -2.36. The molecule has 2 rings (SSSR count). The lowest BCUT2D eigenvalue weighted by Gasteiger charge is -2.23. The fourth-order valence-electron chi connectivity index (χ4n) is 2.94. The maximum atomic E-state index is 12.8. The summed E-state index contributed by atoms with van der Waals surface area (Å²) in [5, 5.41) is 9.10. The van der Waals surface area contributed by atoms with Gasteiger partial charge in [-0.25, -0.2) is 0 Å². The summed E-state index contributed by atoms with van der Waals surface area (Å²) in [5.74, 6) is -1.41. The molecule has 126 valence electrons. The molecule has 0 spiro atoms. The van der Waals surface area contributed by atoms with Gasteiger partial charge in [-0.15, -0.1) is 0 Å². The van der Waals surface area contributed by atoms with E-state index in [-0.39, 0.29) is 11.8 Å². The van der Waals surface area contributed by atoms with E-state index in [1.165, 1.54) is 0 Å². The van der Waals surface area contributed by atoms with E-state index in [2.05, 4.69) is 15.9 Å². The minimum absolute atomic E-state index is 0.0331. The number of amides is 1. The summed E-state index contributed by atoms with van der Waals surface area (Å²) in [6.07, 6.45) is 1.81. The van der Waals surface area contributed by atoms with E-state index in [0.29, 0.717) is 39.0 Å². The number of aliphatic carboxylic acids is 1. The first-order valence-corrected chi connectivity index (χ1v) is 8.55. The Hall–Kier alpha value is -1.40. The molecule has 23 heavy (non-hydrogen) atoms. The Labute approximate surface area is 144 Å². The molecule has 1 heterocycles. The first-order valence-electron chi connectivity index (χ1n) is 7.76. The van der Waals surface area contributed by atoms with Crippen molar-refractivity contribution in [2.24, 2.45) is 11.8 Å². The predicted octanol–water partition coefficient (Wildman–Crippen LogP) is 2.58. The van der Waals surface area contributed by atoms with Gasteiger partial charge in [-0.05, 0) is 37.0 Å². The Kier molecular flexibility index (Phi) is 6.59. The van der Waals surface area contributed by atoms with E-state index in [1.54, 1.807) is 12.0 Å². The zero-order valence-electron chi connectivity index (χ0n) is 13.2. The second-order valence-corrected chi connectivity index (χ2v) is 6.84. The number of benzene rings is 1. The van der Waals surface area contributed by atoms with Gasteiger partial charge in [0.1, 0.15) is 0 Å². The van der Waals surface area contributed by atoms with E-state index >= 15 is 0 Å². The molecule has 1 aromatic rings. The van der Waals surface area contributed by atoms with Crippen LogP contribution in [0.4, 0.5) is 0 Å². The Bertz CT molecular complexity index is 563. The first kappa shape index (κ1) is 17.9. The van der Waals surface area contributed by atoms with Crippen molar-refractivity contribution in [1.82, 2.24) is 4.90 Å². The number of likely N-dealkylation sites (tertiary alicyclic amines) is 1. The fourth-order valence-corrected chi connectivity index (χ4v) is 3.39. The van der Waals surface area contributed by atoms with E-state index in [9.17, 15) is 9.59 Å². The van der Waals surface area contributed by atoms with Crippen LogP contribution in [-0.4, -0.2) is 48.7 Å². The number of carbonyl (C=O) groups excluding carboxylic acids is 1. The molecule has 1 saturated heterocycles. The third-order valence-electron chi connectivity index (χ3n) is 4.24. The van der Waals surface area contributed by atoms with Crippen molar-refractivity contribution < 1.29 is 19.4 Å². The van der Waals surface area contributed by atoms with E-state index < -0.39 is 11.9 Å². The summed E-state index contributed by atoms with van der Waals surface area (Å²) in [5.41, 5.74) is 1.09. The first-order chi connectivity index (χ1) is 11.0. The standard InChI is InChI=1S/C17H22BrNO4/c1-23-8-6-13(9-12-3-2-4-15(18)10-12)16(20)19-7-5-14(11-19)17(21)22/h2-4,10,13-14H,5-9,11H2,1H3,(H,21,22)/t13-,14+/m0/s1. The number of methoxy groups -OCH3 is 1. The number of carboxylic acids is 1. The van der Waals surface area contributed by atoms with Crippen LogP contribution in [0.15, 0.2) is 28.7 Å². The largest absolute Gasteiger partial charge is 0.481 e. The molecule has 1 fully saturated rings. The van der Waals surface area contributed by atoms with Crippen molar-refractivity contribution >= 4 is 27.8 Å². The van der Waals surface area contributed by atoms with Gasteiger partial charge in [0.25, 0.3) is 0 Å². The summed E-state index contributed by atoms with van der Waals surface area (Å²) in [6, 6.07) is 7.92. The topological polar surface area (TPSA) is 66.8 Å². The van der Waals surface area contributed by atoms with Gasteiger partial charge in [0.05, 0.1) is 5.92 Å². The third kappa shape index (κ3) is 5.04. The number of carbonyl (C=O) groups is 2. The highest BCUT2D eigenvalue weighted by molar-refractivity contribution is 9.10. The molecular formula is C17H22BrNO4. The molecular weight excluding hydrogens is 362 g/mol. The van der Waals surface area contributed by atoms with Crippen LogP contribution in [0.1, 0.15) is 18.4 Å². The quantitative estimate of drug-likeness (QED) is 0.785. The summed E-state index contributed by atoms with van der Waals surface area (Å²) in [6.45, 7) is 1.36. The minimum atomic E-state index is -0.819. The fraction of sp³-hybridized carbons (Fsp3) is 0.529. The normalized spacial score (nSPS) is 18.9. The SMILES string of the molecule is COCC[C@@H](Cc1cccc(Br)c1)C(=O)N1CC[C@@H](C(=O)O)C1. The van der Waals surface area contributed by atoms with E-state index in [1.807, 2.05) is 24.3 Å². The zero-order chi connectivity index (χ0) is 16.8. The molecule has 5 nitrogen and oxygen atoms in total. The van der Waals surface area contributed by atoms with Crippen molar-refractivity contribution in [3.05, 3.63) is 34.3 Å². The van der Waals surface area contributed by atoms with E-state index in [4.69, 9.17) is 9.84 Å². The molecule has 1 N–H and O–H groups in total. The third-order valence-corrected chi connectivity index (χ3v) is 4.73. The lowest BCUT2D eigenvalue weighted by atomic mass is 9.95. The smallest absolute Gasteiger partial charge is 0.308 e. The number of carboxylic acid groups (broad SMARTS) is 1. The summed E-state index contributed by atoms with van der Waals surface area (Å²) in [4.78, 5) is 25.5. The Balaban J connectivity index is 2.05. The number of nitrogens with zero attached hydrogens (tertiary/aromatic N) is 1. The van der Waals surface area contributed by atoms with Crippen LogP contribution >= 0.6 is 15.9 Å². The minimum Gasteiger partial charge on any atom is -0.481 e. The van der Waals surface area contributed by atoms with Gasteiger partial charge in [0.2, 0.25) is 5.91 Å². The number of hydrogen-bond acceptors (Lipinski definition) is 3. The van der Waals surface area contributed by atoms with Crippen LogP contribution in [0.3, 0.4) is 0 Å². The van der Waals surface area contributed by atoms with Crippen molar-refractivity contribution in [3.8, 4) is 0 Å². The van der Waals surface area contributed by atoms with Gasteiger partial charge >= 0.3 is 5.97 Å². The van der Waals surface area contributed by atoms with Gasteiger partial charge < -0.3 is 14.7 Å². The molecule has 0 aromatic heterocycles. The molecule has 0 saturated carbocycles. The molecule has 2 atom stereocenters. The van der Waals surface area contributed by atoms with Gasteiger partial charge in [0.15, 0.2) is 0 Å². The van der Waals surface area contributed by atoms with E-state index in [0.717, 1.165) is 10.0 Å². The molecule has 0 aliphatic carbocycles. The number of halogens is 1. The Morgan fingerprint density at radius 1 is 1.48 bits per heavy atom. The molecule has 1 aliphatic rings. The van der Waals surface area contributed by atoms with Crippen LogP contribution in [0.2, 0.25) is 0 Å². The van der Waals surface area contributed by atoms with Crippen molar-refractivity contribution in [1.29, 1.82) is 0 Å².